The Morgan fingerprint density at radius 3 is 1.00 bits per heavy atom. The number of aliphatic carboxylic acids is 4. The third-order valence-electron chi connectivity index (χ3n) is 11.7. The zero-order valence-electron chi connectivity index (χ0n) is 43.1. The van der Waals surface area contributed by atoms with Gasteiger partial charge in [0, 0.05) is 17.8 Å². The fourth-order valence-electron chi connectivity index (χ4n) is 7.81. The molecule has 0 aliphatic heterocycles. The van der Waals surface area contributed by atoms with Gasteiger partial charge in [0.25, 0.3) is 30.4 Å². The van der Waals surface area contributed by atoms with Gasteiger partial charge in [0.2, 0.25) is 47.0 Å². The van der Waals surface area contributed by atoms with Gasteiger partial charge in [-0.2, -0.15) is 25.3 Å². The van der Waals surface area contributed by atoms with E-state index in [4.69, 9.17) is 14.0 Å². The number of Topliss-reactive ketones (excluding diaryl/α,β-unsaturated/α-hetero) is 2. The smallest absolute Gasteiger partial charge is 0.375 e. The number of ether oxygens (including phenoxy) is 2. The molecule has 3 rings (SSSR count). The molecule has 84 heavy (non-hydrogen) atoms. The molecule has 2 aromatic rings. The van der Waals surface area contributed by atoms with Crippen molar-refractivity contribution in [1.29, 1.82) is 0 Å². The first-order chi connectivity index (χ1) is 38.9. The maximum absolute atomic E-state index is 14.4. The molecule has 1 aliphatic rings. The normalized spacial score (nSPS) is 17.2. The molecule has 13 N–H and O–H groups in total. The van der Waals surface area contributed by atoms with Crippen molar-refractivity contribution in [3.05, 3.63) is 71.8 Å². The van der Waals surface area contributed by atoms with Gasteiger partial charge in [-0.15, -0.1) is 0 Å². The quantitative estimate of drug-likeness (QED) is 0.0180. The second-order valence-corrected chi connectivity index (χ2v) is 22.9. The van der Waals surface area contributed by atoms with Crippen LogP contribution >= 0.6 is 0 Å². The molecule has 9 atom stereocenters. The molecule has 1 aliphatic carbocycles. The average Bonchev–Trinajstić information content (AvgIpc) is 3.52. The summed E-state index contributed by atoms with van der Waals surface area (Å²) in [4.78, 5) is 183. The summed E-state index contributed by atoms with van der Waals surface area (Å²) in [7, 11) is -15.6. The monoisotopic (exact) mass is 1250 g/mol. The lowest BCUT2D eigenvalue weighted by Gasteiger charge is -2.33. The number of amides is 6. The Kier molecular flexibility index (Phi) is 25.6. The van der Waals surface area contributed by atoms with Crippen LogP contribution in [0.4, 0.5) is 0 Å². The molecule has 460 valence electrons. The molecule has 38 heteroatoms. The van der Waals surface area contributed by atoms with Gasteiger partial charge in [-0.05, 0) is 30.4 Å². The summed E-state index contributed by atoms with van der Waals surface area (Å²) in [6.45, 7) is -0.904. The first kappa shape index (κ1) is 69.4. The van der Waals surface area contributed by atoms with Crippen molar-refractivity contribution >= 4 is 113 Å². The summed E-state index contributed by atoms with van der Waals surface area (Å²) in [5, 5.41) is 48.4. The van der Waals surface area contributed by atoms with E-state index in [9.17, 15) is 122 Å². The van der Waals surface area contributed by atoms with Crippen LogP contribution < -0.4 is 31.9 Å². The Hall–Kier alpha value is -8.85. The largest absolute Gasteiger partial charge is 0.480 e. The molecule has 0 spiro atoms. The highest BCUT2D eigenvalue weighted by atomic mass is 32.2. The Morgan fingerprint density at radius 1 is 0.405 bits per heavy atom. The van der Waals surface area contributed by atoms with Gasteiger partial charge in [-0.25, -0.2) is 28.8 Å². The number of rotatable bonds is 33. The molecule has 0 saturated heterocycles. The summed E-state index contributed by atoms with van der Waals surface area (Å²) < 4.78 is 107. The molecule has 0 heterocycles. The number of hydrogen-bond acceptors (Lipinski definition) is 22. The van der Waals surface area contributed by atoms with Crippen molar-refractivity contribution in [3.63, 3.8) is 0 Å². The summed E-state index contributed by atoms with van der Waals surface area (Å²) in [5.74, 6) is -34.7. The molecule has 0 aromatic heterocycles. The van der Waals surface area contributed by atoms with Crippen LogP contribution in [0.2, 0.25) is 0 Å². The van der Waals surface area contributed by atoms with Crippen molar-refractivity contribution in [2.45, 2.75) is 88.0 Å². The maximum Gasteiger partial charge on any atom is 0.375 e. The van der Waals surface area contributed by atoms with Gasteiger partial charge in [-0.1, -0.05) is 60.7 Å². The summed E-state index contributed by atoms with van der Waals surface area (Å²) in [6.07, 6.45) is -6.76. The van der Waals surface area contributed by atoms with E-state index < -0.39 is 236 Å². The number of hydrogen-bond donors (Lipinski definition) is 13. The third kappa shape index (κ3) is 24.7. The first-order valence-electron chi connectivity index (χ1n) is 24.0. The molecule has 0 bridgehead atoms. The number of carboxylic acid groups (broad SMARTS) is 4. The predicted octanol–water partition coefficient (Wildman–Crippen LogP) is -5.28. The minimum atomic E-state index is -5.24. The SMILES string of the molecule is O=C(CC(NC(=O)C(CC(=O)NC(CS(=O)(=O)O)C(=O)O)NC(=O)C(CC(=O)NC(CS(=O)(=O)O)C(=O)O)NC(=O)C1C[C@@H](C(=O)C(=O)OCc2ccccc2)C[C@@H](C(=O)C(=O)OCc2ccccc2)C1)C(=O)O)NC(CS(=O)(=O)O)C(=O)O. The molecule has 2 aromatic carbocycles. The van der Waals surface area contributed by atoms with Gasteiger partial charge in [0.1, 0.15) is 66.7 Å². The van der Waals surface area contributed by atoms with Crippen molar-refractivity contribution in [2.24, 2.45) is 17.8 Å². The molecular weight excluding hydrogens is 1200 g/mol. The van der Waals surface area contributed by atoms with Crippen LogP contribution in [0.3, 0.4) is 0 Å². The number of benzene rings is 2. The van der Waals surface area contributed by atoms with Gasteiger partial charge >= 0.3 is 35.8 Å². The molecular formula is C46H54N6O29S3. The third-order valence-corrected chi connectivity index (χ3v) is 14.0. The lowest BCUT2D eigenvalue weighted by Crippen LogP contribution is -2.59. The minimum Gasteiger partial charge on any atom is -0.480 e. The summed E-state index contributed by atoms with van der Waals surface area (Å²) in [6, 6.07) is 0.306. The van der Waals surface area contributed by atoms with E-state index in [0.29, 0.717) is 11.1 Å². The van der Waals surface area contributed by atoms with Crippen LogP contribution in [0.25, 0.3) is 0 Å². The zero-order valence-corrected chi connectivity index (χ0v) is 45.5. The molecule has 1 fully saturated rings. The predicted molar refractivity (Wildman–Crippen MR) is 272 cm³/mol. The van der Waals surface area contributed by atoms with Crippen molar-refractivity contribution in [1.82, 2.24) is 31.9 Å². The standard InChI is InChI=1S/C46H54N6O29S3/c53-33(47-30(42(63)64)19-82(71,72)73)14-27(50-38(58)26-12-24(36(56)45(69)80-17-22-7-3-1-4-8-22)11-25(13-26)37(57)46(70)81-18-23-9-5-2-6-10-23)39(59)51-28(15-34(54)48-31(43(65)66)20-83(74,75)76)40(60)52-29(41(61)62)16-35(55)49-32(44(67)68)21-84(77,78)79/h1-10,24-32H,11-21H2,(H,47,53)(H,48,54)(H,49,55)(H,50,58)(H,51,59)(H,52,60)(H,61,62)(H,63,64)(H,65,66)(H,67,68)(H,71,72,73)(H,74,75,76)(H,77,78,79)/t24-,25+,26?,27?,28?,29?,30?,31?,32?. The zero-order chi connectivity index (χ0) is 63.4. The maximum atomic E-state index is 14.4. The summed E-state index contributed by atoms with van der Waals surface area (Å²) in [5.41, 5.74) is 0.820. The molecule has 35 nitrogen and oxygen atoms in total. The molecule has 7 unspecified atom stereocenters. The number of carboxylic acids is 4. The van der Waals surface area contributed by atoms with Crippen LogP contribution in [0.15, 0.2) is 60.7 Å². The van der Waals surface area contributed by atoms with Crippen molar-refractivity contribution in [2.75, 3.05) is 17.3 Å². The topological polar surface area (TPSA) is 574 Å². The van der Waals surface area contributed by atoms with E-state index in [1.807, 2.05) is 5.32 Å². The Morgan fingerprint density at radius 2 is 0.690 bits per heavy atom. The first-order valence-corrected chi connectivity index (χ1v) is 28.8. The van der Waals surface area contributed by atoms with Gasteiger partial charge in [0.05, 0.1) is 19.3 Å². The molecule has 0 radical (unpaired) electrons. The number of carbonyl (C=O) groups excluding carboxylic acids is 10. The highest BCUT2D eigenvalue weighted by Crippen LogP contribution is 2.36. The van der Waals surface area contributed by atoms with Gasteiger partial charge in [-0.3, -0.25) is 52.0 Å². The number of esters is 2. The van der Waals surface area contributed by atoms with Crippen LogP contribution in [0.5, 0.6) is 0 Å². The van der Waals surface area contributed by atoms with Crippen LogP contribution in [0, 0.1) is 17.8 Å². The molecule has 1 saturated carbocycles. The highest BCUT2D eigenvalue weighted by molar-refractivity contribution is 7.86. The summed E-state index contributed by atoms with van der Waals surface area (Å²) >= 11 is 0. The van der Waals surface area contributed by atoms with Crippen molar-refractivity contribution < 1.29 is 136 Å². The second kappa shape index (κ2) is 31.0. The van der Waals surface area contributed by atoms with E-state index in [1.165, 1.54) is 24.3 Å². The fourth-order valence-corrected chi connectivity index (χ4v) is 9.75. The van der Waals surface area contributed by atoms with Gasteiger partial charge in [0.15, 0.2) is 0 Å². The van der Waals surface area contributed by atoms with Crippen molar-refractivity contribution in [3.8, 4) is 0 Å². The van der Waals surface area contributed by atoms with E-state index in [-0.39, 0.29) is 0 Å². The molecule has 6 amide bonds. The van der Waals surface area contributed by atoms with E-state index >= 15 is 0 Å². The number of nitrogens with one attached hydrogen (secondary N) is 6. The Bertz CT molecular complexity index is 3140. The minimum absolute atomic E-state index is 0.410. The van der Waals surface area contributed by atoms with Gasteiger partial charge < -0.3 is 61.8 Å². The van der Waals surface area contributed by atoms with E-state index in [1.54, 1.807) is 63.0 Å². The van der Waals surface area contributed by atoms with E-state index in [0.717, 1.165) is 0 Å². The highest BCUT2D eigenvalue weighted by Gasteiger charge is 2.45. The number of carbonyl (C=O) groups is 14. The number of ketones is 2. The Balaban J connectivity index is 2.12. The lowest BCUT2D eigenvalue weighted by atomic mass is 9.71. The average molecular weight is 1250 g/mol. The second-order valence-electron chi connectivity index (χ2n) is 18.4. The van der Waals surface area contributed by atoms with Crippen LogP contribution in [-0.2, 0) is 120 Å². The van der Waals surface area contributed by atoms with Crippen LogP contribution in [0.1, 0.15) is 49.7 Å². The van der Waals surface area contributed by atoms with E-state index in [2.05, 4.69) is 0 Å². The Labute approximate surface area is 474 Å². The van der Waals surface area contributed by atoms with Crippen LogP contribution in [-0.4, -0.2) is 196 Å². The fraction of sp³-hybridized carbons (Fsp3) is 0.435. The lowest BCUT2D eigenvalue weighted by molar-refractivity contribution is -0.160.